The Bertz CT molecular complexity index is 1140. The molecule has 1 amide bonds. The van der Waals surface area contributed by atoms with Gasteiger partial charge in [0.05, 0.1) is 28.7 Å². The van der Waals surface area contributed by atoms with Crippen molar-refractivity contribution in [2.24, 2.45) is 0 Å². The number of fused-ring (bicyclic) bond motifs is 1. The SMILES string of the molecule is CCOC(=O)c1cc2c(cc1OCC(F)F)N(C)C(Nc1cc(CNC(=O)OC(C)(C)C)ccc1Cl)N2. The van der Waals surface area contributed by atoms with Crippen LogP contribution in [0.1, 0.15) is 43.6 Å². The van der Waals surface area contributed by atoms with Gasteiger partial charge in [-0.05, 0) is 51.5 Å². The highest BCUT2D eigenvalue weighted by Gasteiger charge is 2.30. The molecule has 9 nitrogen and oxygen atoms in total. The second kappa shape index (κ2) is 11.7. The molecule has 1 aliphatic rings. The molecule has 0 aromatic heterocycles. The number of ether oxygens (including phenoxy) is 3. The Balaban J connectivity index is 1.77. The quantitative estimate of drug-likeness (QED) is 0.361. The van der Waals surface area contributed by atoms with Crippen molar-refractivity contribution in [2.45, 2.75) is 52.6 Å². The molecule has 1 aliphatic heterocycles. The third-order valence-electron chi connectivity index (χ3n) is 5.18. The molecule has 0 saturated carbocycles. The summed E-state index contributed by atoms with van der Waals surface area (Å²) in [4.78, 5) is 26.2. The average molecular weight is 541 g/mol. The van der Waals surface area contributed by atoms with Crippen molar-refractivity contribution in [1.29, 1.82) is 0 Å². The number of hydrogen-bond acceptors (Lipinski definition) is 8. The lowest BCUT2D eigenvalue weighted by Gasteiger charge is -2.25. The van der Waals surface area contributed by atoms with Gasteiger partial charge in [0.15, 0.2) is 6.29 Å². The standard InChI is InChI=1S/C25H31ClF2N4O5/c1-6-35-22(33)15-10-18-19(11-20(15)36-13-21(27)28)32(5)23(31-18)30-17-9-14(7-8-16(17)26)12-29-24(34)37-25(2,3)4/h7-11,21,23,30-31H,6,12-13H2,1-5H3,(H,29,34). The number of anilines is 3. The van der Waals surface area contributed by atoms with E-state index in [0.717, 1.165) is 5.56 Å². The van der Waals surface area contributed by atoms with E-state index < -0.39 is 37.0 Å². The highest BCUT2D eigenvalue weighted by atomic mass is 35.5. The van der Waals surface area contributed by atoms with Crippen molar-refractivity contribution in [1.82, 2.24) is 5.32 Å². The van der Waals surface area contributed by atoms with Gasteiger partial charge in [0.1, 0.15) is 23.5 Å². The molecule has 1 heterocycles. The monoisotopic (exact) mass is 540 g/mol. The van der Waals surface area contributed by atoms with Crippen molar-refractivity contribution in [3.8, 4) is 5.75 Å². The first-order valence-corrected chi connectivity index (χ1v) is 12.0. The second-order valence-corrected chi connectivity index (χ2v) is 9.67. The molecule has 0 bridgehead atoms. The van der Waals surface area contributed by atoms with Gasteiger partial charge >= 0.3 is 12.1 Å². The van der Waals surface area contributed by atoms with Gasteiger partial charge in [-0.3, -0.25) is 0 Å². The van der Waals surface area contributed by atoms with Gasteiger partial charge in [0, 0.05) is 19.7 Å². The van der Waals surface area contributed by atoms with Crippen LogP contribution in [0.25, 0.3) is 0 Å². The molecular formula is C25H31ClF2N4O5. The molecule has 0 spiro atoms. The molecule has 0 aliphatic carbocycles. The molecule has 1 unspecified atom stereocenters. The van der Waals surface area contributed by atoms with Crippen molar-refractivity contribution in [3.63, 3.8) is 0 Å². The van der Waals surface area contributed by atoms with E-state index in [4.69, 9.17) is 25.8 Å². The summed E-state index contributed by atoms with van der Waals surface area (Å²) in [5.74, 6) is -0.677. The maximum Gasteiger partial charge on any atom is 0.407 e. The summed E-state index contributed by atoms with van der Waals surface area (Å²) in [7, 11) is 1.78. The van der Waals surface area contributed by atoms with E-state index in [1.807, 2.05) is 0 Å². The summed E-state index contributed by atoms with van der Waals surface area (Å²) in [5, 5.41) is 9.66. The van der Waals surface area contributed by atoms with Crippen LogP contribution in [-0.2, 0) is 16.0 Å². The zero-order chi connectivity index (χ0) is 27.3. The van der Waals surface area contributed by atoms with E-state index in [0.29, 0.717) is 22.1 Å². The Morgan fingerprint density at radius 3 is 2.59 bits per heavy atom. The van der Waals surface area contributed by atoms with Crippen LogP contribution >= 0.6 is 11.6 Å². The molecule has 0 saturated heterocycles. The molecule has 37 heavy (non-hydrogen) atoms. The Morgan fingerprint density at radius 1 is 1.22 bits per heavy atom. The summed E-state index contributed by atoms with van der Waals surface area (Å²) in [5.41, 5.74) is 1.99. The number of nitrogens with one attached hydrogen (secondary N) is 3. The van der Waals surface area contributed by atoms with Gasteiger partial charge in [0.2, 0.25) is 0 Å². The predicted octanol–water partition coefficient (Wildman–Crippen LogP) is 5.44. The zero-order valence-electron chi connectivity index (χ0n) is 21.3. The normalized spacial score (nSPS) is 14.6. The van der Waals surface area contributed by atoms with Crippen LogP contribution in [0, 0.1) is 0 Å². The smallest absolute Gasteiger partial charge is 0.407 e. The third-order valence-corrected chi connectivity index (χ3v) is 5.51. The molecule has 2 aromatic rings. The van der Waals surface area contributed by atoms with Crippen molar-refractivity contribution in [3.05, 3.63) is 46.5 Å². The first-order chi connectivity index (χ1) is 17.4. The van der Waals surface area contributed by atoms with E-state index in [1.165, 1.54) is 12.1 Å². The third kappa shape index (κ3) is 7.51. The number of benzene rings is 2. The first kappa shape index (κ1) is 28.1. The maximum absolute atomic E-state index is 12.8. The molecule has 0 radical (unpaired) electrons. The number of alkyl carbamates (subject to hydrolysis) is 1. The van der Waals surface area contributed by atoms with Gasteiger partial charge in [-0.25, -0.2) is 18.4 Å². The highest BCUT2D eigenvalue weighted by molar-refractivity contribution is 6.33. The number of halogens is 3. The lowest BCUT2D eigenvalue weighted by atomic mass is 10.1. The first-order valence-electron chi connectivity index (χ1n) is 11.6. The molecule has 2 aromatic carbocycles. The van der Waals surface area contributed by atoms with Crippen LogP contribution in [0.3, 0.4) is 0 Å². The largest absolute Gasteiger partial charge is 0.487 e. The average Bonchev–Trinajstić information content (AvgIpc) is 3.10. The Kier molecular flexibility index (Phi) is 8.90. The number of hydrogen-bond donors (Lipinski definition) is 3. The Morgan fingerprint density at radius 2 is 1.95 bits per heavy atom. The topological polar surface area (TPSA) is 101 Å². The maximum atomic E-state index is 12.8. The lowest BCUT2D eigenvalue weighted by molar-refractivity contribution is 0.0504. The van der Waals surface area contributed by atoms with E-state index in [-0.39, 0.29) is 24.5 Å². The Labute approximate surface area is 219 Å². The van der Waals surface area contributed by atoms with E-state index in [2.05, 4.69) is 16.0 Å². The van der Waals surface area contributed by atoms with Crippen LogP contribution in [0.4, 0.5) is 30.6 Å². The van der Waals surface area contributed by atoms with Crippen LogP contribution in [-0.4, -0.2) is 50.6 Å². The van der Waals surface area contributed by atoms with Crippen molar-refractivity contribution >= 4 is 40.7 Å². The van der Waals surface area contributed by atoms with Crippen LogP contribution in [0.2, 0.25) is 5.02 Å². The molecule has 12 heteroatoms. The molecular weight excluding hydrogens is 510 g/mol. The Hall–Kier alpha value is -3.47. The van der Waals surface area contributed by atoms with Gasteiger partial charge in [-0.2, -0.15) is 0 Å². The molecule has 202 valence electrons. The summed E-state index contributed by atoms with van der Waals surface area (Å²) in [6, 6.07) is 8.30. The fraction of sp³-hybridized carbons (Fsp3) is 0.440. The summed E-state index contributed by atoms with van der Waals surface area (Å²) < 4.78 is 41.1. The van der Waals surface area contributed by atoms with Gasteiger partial charge in [-0.15, -0.1) is 0 Å². The number of carbonyl (C=O) groups is 2. The van der Waals surface area contributed by atoms with E-state index in [1.54, 1.807) is 57.8 Å². The van der Waals surface area contributed by atoms with Crippen molar-refractivity contribution in [2.75, 3.05) is 35.8 Å². The molecule has 0 fully saturated rings. The van der Waals surface area contributed by atoms with Gasteiger partial charge < -0.3 is 35.1 Å². The predicted molar refractivity (Wildman–Crippen MR) is 138 cm³/mol. The number of nitrogens with zero attached hydrogens (tertiary/aromatic N) is 1. The lowest BCUT2D eigenvalue weighted by Crippen LogP contribution is -2.39. The van der Waals surface area contributed by atoms with Crippen LogP contribution in [0.5, 0.6) is 5.75 Å². The highest BCUT2D eigenvalue weighted by Crippen LogP contribution is 2.40. The number of esters is 1. The van der Waals surface area contributed by atoms with Crippen LogP contribution in [0.15, 0.2) is 30.3 Å². The van der Waals surface area contributed by atoms with Crippen LogP contribution < -0.4 is 25.6 Å². The van der Waals surface area contributed by atoms with E-state index >= 15 is 0 Å². The van der Waals surface area contributed by atoms with Gasteiger partial charge in [0.25, 0.3) is 6.43 Å². The summed E-state index contributed by atoms with van der Waals surface area (Å²) in [6.45, 7) is 6.49. The van der Waals surface area contributed by atoms with Gasteiger partial charge in [-0.1, -0.05) is 17.7 Å². The van der Waals surface area contributed by atoms with E-state index in [9.17, 15) is 18.4 Å². The molecule has 3 N–H and O–H groups in total. The minimum atomic E-state index is -2.70. The molecule has 1 atom stereocenters. The summed E-state index contributed by atoms with van der Waals surface area (Å²) in [6.07, 6.45) is -3.73. The number of rotatable bonds is 9. The zero-order valence-corrected chi connectivity index (χ0v) is 22.0. The minimum Gasteiger partial charge on any atom is -0.487 e. The van der Waals surface area contributed by atoms with Crippen molar-refractivity contribution < 1.29 is 32.6 Å². The number of carbonyl (C=O) groups excluding carboxylic acids is 2. The number of alkyl halides is 2. The summed E-state index contributed by atoms with van der Waals surface area (Å²) >= 11 is 6.41. The minimum absolute atomic E-state index is 0.0000436. The number of amides is 1. The second-order valence-electron chi connectivity index (χ2n) is 9.26. The fourth-order valence-electron chi connectivity index (χ4n) is 3.56. The fourth-order valence-corrected chi connectivity index (χ4v) is 3.73. The molecule has 3 rings (SSSR count).